The van der Waals surface area contributed by atoms with Crippen LogP contribution in [0.2, 0.25) is 0 Å². The summed E-state index contributed by atoms with van der Waals surface area (Å²) in [7, 11) is 0. The lowest BCUT2D eigenvalue weighted by atomic mass is 9.93. The van der Waals surface area contributed by atoms with E-state index in [4.69, 9.17) is 0 Å². The molecule has 15 heavy (non-hydrogen) atoms. The largest absolute Gasteiger partial charge is 0.0958 e. The van der Waals surface area contributed by atoms with Crippen LogP contribution in [-0.4, -0.2) is 0 Å². The first kappa shape index (κ1) is 14.2. The molecule has 0 aliphatic heterocycles. The van der Waals surface area contributed by atoms with Gasteiger partial charge in [0, 0.05) is 0 Å². The van der Waals surface area contributed by atoms with Gasteiger partial charge in [0.25, 0.3) is 0 Å². The molecule has 0 aromatic rings. The maximum absolute atomic E-state index is 4.00. The molecule has 0 heteroatoms. The molecule has 86 valence electrons. The Morgan fingerprint density at radius 3 is 2.00 bits per heavy atom. The summed E-state index contributed by atoms with van der Waals surface area (Å²) in [5.74, 6) is 0.776. The zero-order valence-corrected chi connectivity index (χ0v) is 11.3. The summed E-state index contributed by atoms with van der Waals surface area (Å²) in [6.45, 7) is 17.1. The second-order valence-corrected chi connectivity index (χ2v) is 4.78. The Balaban J connectivity index is 4.70. The Morgan fingerprint density at radius 1 is 1.13 bits per heavy atom. The predicted octanol–water partition coefficient (Wildman–Crippen LogP) is 5.28. The van der Waals surface area contributed by atoms with Crippen LogP contribution in [0.5, 0.6) is 0 Å². The normalized spacial score (nSPS) is 14.2. The van der Waals surface area contributed by atoms with Crippen LogP contribution in [0.25, 0.3) is 0 Å². The highest BCUT2D eigenvalue weighted by Gasteiger charge is 2.05. The van der Waals surface area contributed by atoms with E-state index in [-0.39, 0.29) is 0 Å². The highest BCUT2D eigenvalue weighted by molar-refractivity contribution is 5.40. The van der Waals surface area contributed by atoms with E-state index >= 15 is 0 Å². The minimum Gasteiger partial charge on any atom is -0.0958 e. The molecule has 0 aromatic carbocycles. The van der Waals surface area contributed by atoms with Crippen LogP contribution in [0.3, 0.4) is 0 Å². The summed E-state index contributed by atoms with van der Waals surface area (Å²) >= 11 is 0. The van der Waals surface area contributed by atoms with Crippen LogP contribution in [0.15, 0.2) is 34.9 Å². The molecule has 0 saturated carbocycles. The molecule has 0 aromatic heterocycles. The van der Waals surface area contributed by atoms with Crippen molar-refractivity contribution in [2.75, 3.05) is 0 Å². The molecule has 0 heterocycles. The van der Waals surface area contributed by atoms with Gasteiger partial charge in [-0.2, -0.15) is 0 Å². The zero-order valence-electron chi connectivity index (χ0n) is 11.3. The second-order valence-electron chi connectivity index (χ2n) is 4.78. The quantitative estimate of drug-likeness (QED) is 0.537. The second kappa shape index (κ2) is 6.66. The number of allylic oxidation sites excluding steroid dienone is 5. The van der Waals surface area contributed by atoms with E-state index in [2.05, 4.69) is 54.2 Å². The molecular formula is C15H26. The first-order chi connectivity index (χ1) is 6.90. The lowest BCUT2D eigenvalue weighted by molar-refractivity contribution is 0.586. The van der Waals surface area contributed by atoms with Gasteiger partial charge in [-0.1, -0.05) is 32.1 Å². The molecule has 0 bridgehead atoms. The van der Waals surface area contributed by atoms with Crippen LogP contribution in [-0.2, 0) is 0 Å². The Hall–Kier alpha value is -0.780. The van der Waals surface area contributed by atoms with Gasteiger partial charge in [-0.05, 0) is 63.2 Å². The maximum atomic E-state index is 4.00. The molecule has 0 fully saturated rings. The number of hydrogen-bond donors (Lipinski definition) is 0. The van der Waals surface area contributed by atoms with Gasteiger partial charge in [-0.15, -0.1) is 0 Å². The van der Waals surface area contributed by atoms with Gasteiger partial charge in [0.15, 0.2) is 0 Å². The van der Waals surface area contributed by atoms with Gasteiger partial charge in [0.1, 0.15) is 0 Å². The fourth-order valence-electron chi connectivity index (χ4n) is 1.55. The smallest absolute Gasteiger partial charge is 0.0277 e. The molecule has 0 N–H and O–H groups in total. The van der Waals surface area contributed by atoms with E-state index in [1.54, 1.807) is 0 Å². The fraction of sp³-hybridized carbons (Fsp3) is 0.600. The molecule has 0 spiro atoms. The molecule has 0 saturated heterocycles. The van der Waals surface area contributed by atoms with Crippen molar-refractivity contribution in [3.8, 4) is 0 Å². The number of hydrogen-bond acceptors (Lipinski definition) is 0. The SMILES string of the molecule is C=C(C)/C(C)=C(C)\C(=C/C)CCC(C)C. The Kier molecular flexibility index (Phi) is 6.31. The number of rotatable bonds is 5. The average molecular weight is 206 g/mol. The maximum Gasteiger partial charge on any atom is -0.0277 e. The van der Waals surface area contributed by atoms with Gasteiger partial charge in [0.2, 0.25) is 0 Å². The predicted molar refractivity (Wildman–Crippen MR) is 71.0 cm³/mol. The van der Waals surface area contributed by atoms with Crippen molar-refractivity contribution in [3.05, 3.63) is 34.9 Å². The Bertz CT molecular complexity index is 274. The average Bonchev–Trinajstić information content (AvgIpc) is 2.16. The van der Waals surface area contributed by atoms with E-state index in [0.717, 1.165) is 5.92 Å². The van der Waals surface area contributed by atoms with Crippen molar-refractivity contribution in [3.63, 3.8) is 0 Å². The van der Waals surface area contributed by atoms with Crippen LogP contribution < -0.4 is 0 Å². The third-order valence-corrected chi connectivity index (χ3v) is 3.02. The van der Waals surface area contributed by atoms with Crippen molar-refractivity contribution in [1.29, 1.82) is 0 Å². The summed E-state index contributed by atoms with van der Waals surface area (Å²) < 4.78 is 0. The van der Waals surface area contributed by atoms with Crippen molar-refractivity contribution in [2.45, 2.75) is 54.4 Å². The summed E-state index contributed by atoms with van der Waals surface area (Å²) in [6.07, 6.45) is 4.69. The van der Waals surface area contributed by atoms with Crippen LogP contribution in [0.1, 0.15) is 54.4 Å². The molecule has 0 nitrogen and oxygen atoms in total. The van der Waals surface area contributed by atoms with Gasteiger partial charge < -0.3 is 0 Å². The zero-order chi connectivity index (χ0) is 12.0. The molecule has 0 rings (SSSR count). The Labute approximate surface area is 95.8 Å². The van der Waals surface area contributed by atoms with Crippen molar-refractivity contribution < 1.29 is 0 Å². The summed E-state index contributed by atoms with van der Waals surface area (Å²) in [6, 6.07) is 0. The van der Waals surface area contributed by atoms with E-state index < -0.39 is 0 Å². The molecule has 0 aliphatic carbocycles. The third-order valence-electron chi connectivity index (χ3n) is 3.02. The molecule has 0 unspecified atom stereocenters. The molecule has 0 aliphatic rings. The molecule has 0 radical (unpaired) electrons. The molecule has 0 amide bonds. The monoisotopic (exact) mass is 206 g/mol. The lowest BCUT2D eigenvalue weighted by Gasteiger charge is -2.13. The van der Waals surface area contributed by atoms with E-state index in [9.17, 15) is 0 Å². The van der Waals surface area contributed by atoms with E-state index in [1.807, 2.05) is 0 Å². The first-order valence-electron chi connectivity index (χ1n) is 5.89. The molecule has 0 atom stereocenters. The van der Waals surface area contributed by atoms with Gasteiger partial charge in [-0.25, -0.2) is 0 Å². The van der Waals surface area contributed by atoms with Crippen LogP contribution in [0, 0.1) is 5.92 Å². The summed E-state index contributed by atoms with van der Waals surface area (Å²) in [5, 5.41) is 0. The third kappa shape index (κ3) is 5.01. The van der Waals surface area contributed by atoms with E-state index in [1.165, 1.54) is 35.1 Å². The molecular weight excluding hydrogens is 180 g/mol. The summed E-state index contributed by atoms with van der Waals surface area (Å²) in [4.78, 5) is 0. The van der Waals surface area contributed by atoms with Crippen molar-refractivity contribution >= 4 is 0 Å². The van der Waals surface area contributed by atoms with Gasteiger partial charge >= 0.3 is 0 Å². The van der Waals surface area contributed by atoms with Gasteiger partial charge in [-0.3, -0.25) is 0 Å². The minimum absolute atomic E-state index is 0.776. The topological polar surface area (TPSA) is 0 Å². The lowest BCUT2D eigenvalue weighted by Crippen LogP contribution is -1.95. The van der Waals surface area contributed by atoms with Crippen molar-refractivity contribution in [2.24, 2.45) is 5.92 Å². The van der Waals surface area contributed by atoms with Gasteiger partial charge in [0.05, 0.1) is 0 Å². The fourth-order valence-corrected chi connectivity index (χ4v) is 1.55. The first-order valence-corrected chi connectivity index (χ1v) is 5.89. The highest BCUT2D eigenvalue weighted by Crippen LogP contribution is 2.24. The van der Waals surface area contributed by atoms with Crippen LogP contribution >= 0.6 is 0 Å². The minimum atomic E-state index is 0.776. The van der Waals surface area contributed by atoms with Crippen molar-refractivity contribution in [1.82, 2.24) is 0 Å². The summed E-state index contributed by atoms with van der Waals surface area (Å²) in [5.41, 5.74) is 5.40. The highest BCUT2D eigenvalue weighted by atomic mass is 14.1. The standard InChI is InChI=1S/C15H26/c1-8-15(10-9-11(2)3)14(7)13(6)12(4)5/h8,11H,4,9-10H2,1-3,5-7H3/b14-13-,15-8-. The van der Waals surface area contributed by atoms with Crippen LogP contribution in [0.4, 0.5) is 0 Å². The van der Waals surface area contributed by atoms with E-state index in [0.29, 0.717) is 0 Å². The Morgan fingerprint density at radius 2 is 1.67 bits per heavy atom.